The number of aliphatic hydroxyl groups is 1. The summed E-state index contributed by atoms with van der Waals surface area (Å²) >= 11 is 0. The van der Waals surface area contributed by atoms with Crippen LogP contribution in [0.1, 0.15) is 44.8 Å². The minimum Gasteiger partial charge on any atom is -0.388 e. The lowest BCUT2D eigenvalue weighted by molar-refractivity contribution is -0.136. The zero-order valence-corrected chi connectivity index (χ0v) is 14.1. The lowest BCUT2D eigenvalue weighted by atomic mass is 9.98. The van der Waals surface area contributed by atoms with Gasteiger partial charge in [-0.3, -0.25) is 4.79 Å². The van der Waals surface area contributed by atoms with Gasteiger partial charge in [0.2, 0.25) is 5.91 Å². The molecule has 1 heterocycles. The maximum atomic E-state index is 12.5. The van der Waals surface area contributed by atoms with E-state index >= 15 is 0 Å². The van der Waals surface area contributed by atoms with E-state index in [1.54, 1.807) is 0 Å². The SMILES string of the molecule is CC(N)C(C)C(=O)N1CCCC1CC(O)c1ccccc1.Cl. The summed E-state index contributed by atoms with van der Waals surface area (Å²) < 4.78 is 0. The van der Waals surface area contributed by atoms with Crippen molar-refractivity contribution in [2.24, 2.45) is 11.7 Å². The molecule has 0 aromatic heterocycles. The van der Waals surface area contributed by atoms with E-state index in [0.717, 1.165) is 24.9 Å². The number of likely N-dealkylation sites (tertiary alicyclic amines) is 1. The second-order valence-electron chi connectivity index (χ2n) is 6.14. The molecule has 0 bridgehead atoms. The van der Waals surface area contributed by atoms with Gasteiger partial charge in [-0.2, -0.15) is 0 Å². The molecule has 1 aromatic carbocycles. The first-order valence-corrected chi connectivity index (χ1v) is 7.79. The first-order chi connectivity index (χ1) is 10.0. The van der Waals surface area contributed by atoms with Crippen molar-refractivity contribution in [2.75, 3.05) is 6.54 Å². The van der Waals surface area contributed by atoms with E-state index in [9.17, 15) is 9.90 Å². The average molecular weight is 327 g/mol. The van der Waals surface area contributed by atoms with Crippen LogP contribution >= 0.6 is 12.4 Å². The summed E-state index contributed by atoms with van der Waals surface area (Å²) in [5, 5.41) is 10.4. The highest BCUT2D eigenvalue weighted by Gasteiger charge is 2.33. The van der Waals surface area contributed by atoms with E-state index in [2.05, 4.69) is 0 Å². The average Bonchev–Trinajstić information content (AvgIpc) is 2.94. The van der Waals surface area contributed by atoms with Crippen LogP contribution in [0.15, 0.2) is 30.3 Å². The summed E-state index contributed by atoms with van der Waals surface area (Å²) in [7, 11) is 0. The monoisotopic (exact) mass is 326 g/mol. The van der Waals surface area contributed by atoms with Gasteiger partial charge in [0.15, 0.2) is 0 Å². The van der Waals surface area contributed by atoms with Gasteiger partial charge in [-0.1, -0.05) is 37.3 Å². The summed E-state index contributed by atoms with van der Waals surface area (Å²) in [6.07, 6.45) is 2.04. The number of halogens is 1. The second kappa shape index (κ2) is 8.51. The molecule has 22 heavy (non-hydrogen) atoms. The number of rotatable bonds is 5. The van der Waals surface area contributed by atoms with Gasteiger partial charge in [0, 0.05) is 18.6 Å². The fraction of sp³-hybridized carbons (Fsp3) is 0.588. The molecular weight excluding hydrogens is 300 g/mol. The number of hydrogen-bond acceptors (Lipinski definition) is 3. The third-order valence-electron chi connectivity index (χ3n) is 4.52. The largest absolute Gasteiger partial charge is 0.388 e. The van der Waals surface area contributed by atoms with E-state index in [4.69, 9.17) is 5.73 Å². The van der Waals surface area contributed by atoms with E-state index in [-0.39, 0.29) is 36.3 Å². The maximum Gasteiger partial charge on any atom is 0.227 e. The van der Waals surface area contributed by atoms with Crippen molar-refractivity contribution in [3.05, 3.63) is 35.9 Å². The molecule has 1 aliphatic rings. The summed E-state index contributed by atoms with van der Waals surface area (Å²) in [5.74, 6) is -0.0489. The molecule has 1 fully saturated rings. The number of aliphatic hydroxyl groups excluding tert-OH is 1. The zero-order valence-electron chi connectivity index (χ0n) is 13.3. The molecule has 1 aromatic rings. The Balaban J connectivity index is 0.00000242. The molecule has 3 N–H and O–H groups in total. The Labute approximate surface area is 139 Å². The van der Waals surface area contributed by atoms with E-state index < -0.39 is 6.10 Å². The molecule has 0 aliphatic carbocycles. The number of benzene rings is 1. The van der Waals surface area contributed by atoms with Crippen LogP contribution in [0.25, 0.3) is 0 Å². The highest BCUT2D eigenvalue weighted by atomic mass is 35.5. The summed E-state index contributed by atoms with van der Waals surface area (Å²) in [6.45, 7) is 4.53. The molecule has 4 unspecified atom stereocenters. The Hall–Kier alpha value is -1.10. The molecule has 1 aliphatic heterocycles. The van der Waals surface area contributed by atoms with Gasteiger partial charge in [0.05, 0.1) is 12.0 Å². The molecule has 4 atom stereocenters. The standard InChI is InChI=1S/C17H26N2O2.ClH/c1-12(13(2)18)17(21)19-10-6-9-15(19)11-16(20)14-7-4-3-5-8-14;/h3-5,7-8,12-13,15-16,20H,6,9-11,18H2,1-2H3;1H. The Morgan fingerprint density at radius 3 is 2.59 bits per heavy atom. The van der Waals surface area contributed by atoms with E-state index in [0.29, 0.717) is 6.42 Å². The Kier molecular flexibility index (Phi) is 7.33. The number of nitrogens with zero attached hydrogens (tertiary/aromatic N) is 1. The van der Waals surface area contributed by atoms with Crippen LogP contribution in [0.2, 0.25) is 0 Å². The van der Waals surface area contributed by atoms with Gasteiger partial charge in [-0.05, 0) is 31.7 Å². The topological polar surface area (TPSA) is 66.6 Å². The molecule has 0 radical (unpaired) electrons. The van der Waals surface area contributed by atoms with Crippen LogP contribution in [0.4, 0.5) is 0 Å². The zero-order chi connectivity index (χ0) is 15.4. The highest BCUT2D eigenvalue weighted by molar-refractivity contribution is 5.85. The summed E-state index contributed by atoms with van der Waals surface area (Å²) in [5.41, 5.74) is 6.76. The van der Waals surface area contributed by atoms with E-state index in [1.165, 1.54) is 0 Å². The molecule has 5 heteroatoms. The van der Waals surface area contributed by atoms with Gasteiger partial charge in [0.25, 0.3) is 0 Å². The Bertz CT molecular complexity index is 467. The van der Waals surface area contributed by atoms with Crippen LogP contribution < -0.4 is 5.73 Å². The van der Waals surface area contributed by atoms with Gasteiger partial charge < -0.3 is 15.7 Å². The van der Waals surface area contributed by atoms with Crippen LogP contribution in [-0.2, 0) is 4.79 Å². The van der Waals surface area contributed by atoms with Crippen LogP contribution in [0, 0.1) is 5.92 Å². The van der Waals surface area contributed by atoms with Crippen LogP contribution in [-0.4, -0.2) is 34.5 Å². The Morgan fingerprint density at radius 2 is 2.00 bits per heavy atom. The molecular formula is C17H27ClN2O2. The molecule has 4 nitrogen and oxygen atoms in total. The third-order valence-corrected chi connectivity index (χ3v) is 4.52. The quantitative estimate of drug-likeness (QED) is 0.873. The minimum atomic E-state index is -0.518. The molecule has 2 rings (SSSR count). The van der Waals surface area contributed by atoms with Gasteiger partial charge in [0.1, 0.15) is 0 Å². The van der Waals surface area contributed by atoms with Crippen molar-refractivity contribution in [1.29, 1.82) is 0 Å². The molecule has 124 valence electrons. The first-order valence-electron chi connectivity index (χ1n) is 7.79. The van der Waals surface area contributed by atoms with Crippen molar-refractivity contribution in [2.45, 2.75) is 51.3 Å². The van der Waals surface area contributed by atoms with Crippen molar-refractivity contribution < 1.29 is 9.90 Å². The smallest absolute Gasteiger partial charge is 0.227 e. The lowest BCUT2D eigenvalue weighted by Crippen LogP contribution is -2.44. The van der Waals surface area contributed by atoms with Crippen molar-refractivity contribution in [3.63, 3.8) is 0 Å². The number of amides is 1. The lowest BCUT2D eigenvalue weighted by Gasteiger charge is -2.30. The highest BCUT2D eigenvalue weighted by Crippen LogP contribution is 2.28. The predicted octanol–water partition coefficient (Wildman–Crippen LogP) is 2.51. The normalized spacial score (nSPS) is 21.8. The minimum absolute atomic E-state index is 0. The summed E-state index contributed by atoms with van der Waals surface area (Å²) in [6, 6.07) is 9.62. The molecule has 1 amide bonds. The molecule has 1 saturated heterocycles. The fourth-order valence-corrected chi connectivity index (χ4v) is 2.93. The Morgan fingerprint density at radius 1 is 1.36 bits per heavy atom. The maximum absolute atomic E-state index is 12.5. The van der Waals surface area contributed by atoms with Crippen LogP contribution in [0.3, 0.4) is 0 Å². The van der Waals surface area contributed by atoms with Gasteiger partial charge in [-0.15, -0.1) is 12.4 Å². The first kappa shape index (κ1) is 18.9. The number of hydrogen-bond donors (Lipinski definition) is 2. The number of carbonyl (C=O) groups excluding carboxylic acids is 1. The van der Waals surface area contributed by atoms with Gasteiger partial charge in [-0.25, -0.2) is 0 Å². The number of nitrogens with two attached hydrogens (primary N) is 1. The summed E-state index contributed by atoms with van der Waals surface area (Å²) in [4.78, 5) is 14.4. The van der Waals surface area contributed by atoms with Gasteiger partial charge >= 0.3 is 0 Å². The van der Waals surface area contributed by atoms with Crippen molar-refractivity contribution >= 4 is 18.3 Å². The number of carbonyl (C=O) groups is 1. The molecule has 0 saturated carbocycles. The predicted molar refractivity (Wildman–Crippen MR) is 90.8 cm³/mol. The second-order valence-corrected chi connectivity index (χ2v) is 6.14. The van der Waals surface area contributed by atoms with Crippen molar-refractivity contribution in [3.8, 4) is 0 Å². The third kappa shape index (κ3) is 4.45. The van der Waals surface area contributed by atoms with E-state index in [1.807, 2.05) is 49.1 Å². The van der Waals surface area contributed by atoms with Crippen LogP contribution in [0.5, 0.6) is 0 Å². The van der Waals surface area contributed by atoms with Crippen molar-refractivity contribution in [1.82, 2.24) is 4.90 Å². The fourth-order valence-electron chi connectivity index (χ4n) is 2.93. The molecule has 0 spiro atoms.